The van der Waals surface area contributed by atoms with E-state index in [9.17, 15) is 20.0 Å². The Bertz CT molecular complexity index is 1040. The Labute approximate surface area is 179 Å². The molecule has 0 aromatic heterocycles. The molecule has 2 aromatic rings. The van der Waals surface area contributed by atoms with Crippen molar-refractivity contribution in [2.45, 2.75) is 6.92 Å². The lowest BCUT2D eigenvalue weighted by Gasteiger charge is -2.03. The molecule has 0 bridgehead atoms. The van der Waals surface area contributed by atoms with E-state index in [1.54, 1.807) is 13.0 Å². The Balaban J connectivity index is 2.00. The van der Waals surface area contributed by atoms with Crippen LogP contribution < -0.4 is 0 Å². The second-order valence-electron chi connectivity index (χ2n) is 5.80. The van der Waals surface area contributed by atoms with Gasteiger partial charge in [-0.2, -0.15) is 0 Å². The lowest BCUT2D eigenvalue weighted by Crippen LogP contribution is -2.12. The first-order chi connectivity index (χ1) is 13.9. The summed E-state index contributed by atoms with van der Waals surface area (Å²) in [5.74, 6) is -0.894. The highest BCUT2D eigenvalue weighted by molar-refractivity contribution is 9.10. The SMILES string of the molecule is CCOC(=O)C1=C(O)C(=Cc2ccc(Br)cc2)SC1=Nc1ccc([N+](=O)[O-])cc1. The van der Waals surface area contributed by atoms with E-state index < -0.39 is 10.9 Å². The number of aliphatic imine (C=N–C) groups is 1. The minimum Gasteiger partial charge on any atom is -0.506 e. The van der Waals surface area contributed by atoms with Gasteiger partial charge in [0.25, 0.3) is 5.69 Å². The van der Waals surface area contributed by atoms with Crippen LogP contribution in [0.1, 0.15) is 12.5 Å². The van der Waals surface area contributed by atoms with Crippen LogP contribution >= 0.6 is 27.7 Å². The number of carbonyl (C=O) groups excluding carboxylic acids is 1. The smallest absolute Gasteiger partial charge is 0.344 e. The Hall–Kier alpha value is -2.91. The van der Waals surface area contributed by atoms with E-state index in [0.717, 1.165) is 21.8 Å². The molecule has 0 amide bonds. The number of hydrogen-bond acceptors (Lipinski definition) is 7. The lowest BCUT2D eigenvalue weighted by molar-refractivity contribution is -0.384. The van der Waals surface area contributed by atoms with Crippen LogP contribution in [0.25, 0.3) is 6.08 Å². The lowest BCUT2D eigenvalue weighted by atomic mass is 10.1. The normalized spacial score (nSPS) is 16.5. The molecule has 0 aliphatic carbocycles. The number of nitrogens with zero attached hydrogens (tertiary/aromatic N) is 2. The van der Waals surface area contributed by atoms with Gasteiger partial charge in [0.2, 0.25) is 0 Å². The fourth-order valence-electron chi connectivity index (χ4n) is 2.47. The minimum absolute atomic E-state index is 0.0291. The van der Waals surface area contributed by atoms with Gasteiger partial charge in [-0.05, 0) is 42.8 Å². The van der Waals surface area contributed by atoms with Gasteiger partial charge in [-0.25, -0.2) is 9.79 Å². The number of ether oxygens (including phenoxy) is 1. The molecule has 1 N–H and O–H groups in total. The Kier molecular flexibility index (Phi) is 6.50. The average Bonchev–Trinajstić information content (AvgIpc) is 2.99. The van der Waals surface area contributed by atoms with Crippen LogP contribution in [0.4, 0.5) is 11.4 Å². The molecule has 9 heteroatoms. The molecule has 1 heterocycles. The highest BCUT2D eigenvalue weighted by atomic mass is 79.9. The molecule has 2 aromatic carbocycles. The number of carbonyl (C=O) groups is 1. The topological polar surface area (TPSA) is 102 Å². The van der Waals surface area contributed by atoms with Crippen LogP contribution in [0.15, 0.2) is 74.2 Å². The number of nitro groups is 1. The highest BCUT2D eigenvalue weighted by Gasteiger charge is 2.33. The number of halogens is 1. The van der Waals surface area contributed by atoms with Crippen LogP contribution in [0, 0.1) is 10.1 Å². The van der Waals surface area contributed by atoms with Crippen molar-refractivity contribution in [1.82, 2.24) is 0 Å². The van der Waals surface area contributed by atoms with Crippen molar-refractivity contribution in [2.75, 3.05) is 6.61 Å². The van der Waals surface area contributed by atoms with Crippen LogP contribution in [0.3, 0.4) is 0 Å². The third-order valence-electron chi connectivity index (χ3n) is 3.83. The number of esters is 1. The van der Waals surface area contributed by atoms with E-state index in [-0.39, 0.29) is 28.7 Å². The number of aliphatic hydroxyl groups excluding tert-OH is 1. The fourth-order valence-corrected chi connectivity index (χ4v) is 3.77. The highest BCUT2D eigenvalue weighted by Crippen LogP contribution is 2.40. The molecule has 1 aliphatic rings. The summed E-state index contributed by atoms with van der Waals surface area (Å²) in [4.78, 5) is 27.5. The molecule has 29 heavy (non-hydrogen) atoms. The third kappa shape index (κ3) is 4.93. The molecule has 0 fully saturated rings. The number of hydrogen-bond donors (Lipinski definition) is 1. The number of benzene rings is 2. The summed E-state index contributed by atoms with van der Waals surface area (Å²) in [7, 11) is 0. The van der Waals surface area contributed by atoms with E-state index in [1.165, 1.54) is 24.3 Å². The Morgan fingerprint density at radius 2 is 1.90 bits per heavy atom. The van der Waals surface area contributed by atoms with Gasteiger partial charge in [-0.1, -0.05) is 39.8 Å². The largest absolute Gasteiger partial charge is 0.506 e. The zero-order chi connectivity index (χ0) is 21.0. The summed E-state index contributed by atoms with van der Waals surface area (Å²) in [6.07, 6.45) is 1.74. The summed E-state index contributed by atoms with van der Waals surface area (Å²) in [6, 6.07) is 13.1. The molecular weight excluding hydrogens is 460 g/mol. The number of nitro benzene ring substituents is 1. The number of thioether (sulfide) groups is 1. The van der Waals surface area contributed by atoms with Gasteiger partial charge < -0.3 is 9.84 Å². The van der Waals surface area contributed by atoms with Crippen molar-refractivity contribution in [3.05, 3.63) is 84.9 Å². The molecular formula is C20H15BrN2O5S. The van der Waals surface area contributed by atoms with Gasteiger partial charge in [-0.15, -0.1) is 0 Å². The summed E-state index contributed by atoms with van der Waals surface area (Å²) in [5.41, 5.74) is 1.16. The Morgan fingerprint density at radius 1 is 1.24 bits per heavy atom. The molecule has 0 atom stereocenters. The van der Waals surface area contributed by atoms with Crippen molar-refractivity contribution in [2.24, 2.45) is 4.99 Å². The van der Waals surface area contributed by atoms with Gasteiger partial charge in [-0.3, -0.25) is 10.1 Å². The number of non-ortho nitro benzene ring substituents is 1. The minimum atomic E-state index is -0.683. The average molecular weight is 475 g/mol. The van der Waals surface area contributed by atoms with Gasteiger partial charge >= 0.3 is 5.97 Å². The van der Waals surface area contributed by atoms with Gasteiger partial charge in [0, 0.05) is 16.6 Å². The molecule has 7 nitrogen and oxygen atoms in total. The first kappa shape index (κ1) is 20.8. The zero-order valence-electron chi connectivity index (χ0n) is 15.2. The van der Waals surface area contributed by atoms with Crippen LogP contribution in [-0.2, 0) is 9.53 Å². The molecule has 0 saturated carbocycles. The maximum absolute atomic E-state index is 12.4. The monoisotopic (exact) mass is 474 g/mol. The number of aliphatic hydroxyl groups is 1. The maximum atomic E-state index is 12.4. The third-order valence-corrected chi connectivity index (χ3v) is 5.38. The van der Waals surface area contributed by atoms with Crippen molar-refractivity contribution in [3.63, 3.8) is 0 Å². The van der Waals surface area contributed by atoms with E-state index in [2.05, 4.69) is 20.9 Å². The van der Waals surface area contributed by atoms with Crippen molar-refractivity contribution in [3.8, 4) is 0 Å². The van der Waals surface area contributed by atoms with E-state index >= 15 is 0 Å². The van der Waals surface area contributed by atoms with Crippen LogP contribution in [0.2, 0.25) is 0 Å². The first-order valence-corrected chi connectivity index (χ1v) is 10.1. The summed E-state index contributed by atoms with van der Waals surface area (Å²) >= 11 is 4.50. The number of rotatable bonds is 5. The van der Waals surface area contributed by atoms with Gasteiger partial charge in [0.05, 0.1) is 22.1 Å². The van der Waals surface area contributed by atoms with Gasteiger partial charge in [0.1, 0.15) is 16.4 Å². The zero-order valence-corrected chi connectivity index (χ0v) is 17.6. The standard InChI is InChI=1S/C20H15BrN2O5S/c1-2-28-20(25)17-18(24)16(11-12-3-5-13(21)6-4-12)29-19(17)22-14-7-9-15(10-8-14)23(26)27/h3-11,24H,2H2,1H3. The fraction of sp³-hybridized carbons (Fsp3) is 0.100. The van der Waals surface area contributed by atoms with Crippen molar-refractivity contribution < 1.29 is 19.6 Å². The molecule has 148 valence electrons. The quantitative estimate of drug-likeness (QED) is 0.346. The maximum Gasteiger partial charge on any atom is 0.344 e. The molecule has 1 aliphatic heterocycles. The van der Waals surface area contributed by atoms with Crippen molar-refractivity contribution in [1.29, 1.82) is 0 Å². The van der Waals surface area contributed by atoms with E-state index in [4.69, 9.17) is 4.74 Å². The molecule has 3 rings (SSSR count). The molecule has 0 radical (unpaired) electrons. The molecule has 0 spiro atoms. The second kappa shape index (κ2) is 9.06. The van der Waals surface area contributed by atoms with Crippen LogP contribution in [-0.4, -0.2) is 27.6 Å². The van der Waals surface area contributed by atoms with Gasteiger partial charge in [0.15, 0.2) is 0 Å². The molecule has 0 unspecified atom stereocenters. The first-order valence-electron chi connectivity index (χ1n) is 8.48. The van der Waals surface area contributed by atoms with E-state index in [1.807, 2.05) is 24.3 Å². The summed E-state index contributed by atoms with van der Waals surface area (Å²) < 4.78 is 5.98. The van der Waals surface area contributed by atoms with E-state index in [0.29, 0.717) is 10.6 Å². The Morgan fingerprint density at radius 3 is 2.48 bits per heavy atom. The predicted octanol–water partition coefficient (Wildman–Crippen LogP) is 5.55. The second-order valence-corrected chi connectivity index (χ2v) is 7.74. The summed E-state index contributed by atoms with van der Waals surface area (Å²) in [6.45, 7) is 1.82. The molecule has 0 saturated heterocycles. The summed E-state index contributed by atoms with van der Waals surface area (Å²) in [5, 5.41) is 21.7. The van der Waals surface area contributed by atoms with Crippen LogP contribution in [0.5, 0.6) is 0 Å². The van der Waals surface area contributed by atoms with Crippen molar-refractivity contribution >= 4 is 56.2 Å². The predicted molar refractivity (Wildman–Crippen MR) is 116 cm³/mol.